The molecule has 0 aromatic heterocycles. The van der Waals surface area contributed by atoms with Crippen LogP contribution in [0.5, 0.6) is 0 Å². The molecule has 3 saturated heterocycles. The fourth-order valence-corrected chi connectivity index (χ4v) is 5.75. The third-order valence-corrected chi connectivity index (χ3v) is 7.43. The summed E-state index contributed by atoms with van der Waals surface area (Å²) in [6.07, 6.45) is 0.248. The van der Waals surface area contributed by atoms with Crippen LogP contribution in [0.2, 0.25) is 0 Å². The number of halogens is 3. The first-order valence-electron chi connectivity index (χ1n) is 10.2. The summed E-state index contributed by atoms with van der Waals surface area (Å²) in [6, 6.07) is 4.72. The van der Waals surface area contributed by atoms with Gasteiger partial charge in [0.25, 0.3) is 0 Å². The first-order chi connectivity index (χ1) is 13.4. The maximum atomic E-state index is 13.4. The Kier molecular flexibility index (Phi) is 6.11. The molecule has 0 unspecified atom stereocenters. The number of aliphatic hydroxyl groups excluding tert-OH is 1. The van der Waals surface area contributed by atoms with Gasteiger partial charge in [0.2, 0.25) is 0 Å². The Balaban J connectivity index is 1.53. The van der Waals surface area contributed by atoms with Crippen molar-refractivity contribution in [3.63, 3.8) is 0 Å². The lowest BCUT2D eigenvalue weighted by atomic mass is 9.87. The van der Waals surface area contributed by atoms with Crippen LogP contribution in [0.3, 0.4) is 0 Å². The number of piperidine rings is 2. The number of hydrogen-bond acceptors (Lipinski definition) is 5. The monoisotopic (exact) mass is 415 g/mol. The Hall–Kier alpha value is -0.960. The predicted molar refractivity (Wildman–Crippen MR) is 106 cm³/mol. The summed E-state index contributed by atoms with van der Waals surface area (Å²) < 4.78 is 42.3. The zero-order valence-corrected chi connectivity index (χ0v) is 16.7. The zero-order valence-electron chi connectivity index (χ0n) is 15.9. The van der Waals surface area contributed by atoms with Gasteiger partial charge in [-0.2, -0.15) is 13.2 Å². The molecule has 4 nitrogen and oxygen atoms in total. The van der Waals surface area contributed by atoms with Gasteiger partial charge in [-0.25, -0.2) is 4.31 Å². The Bertz CT molecular complexity index is 673. The largest absolute Gasteiger partial charge is 0.416 e. The molecule has 1 aromatic rings. The van der Waals surface area contributed by atoms with E-state index in [1.807, 2.05) is 0 Å². The molecule has 3 fully saturated rings. The normalized spacial score (nSPS) is 26.1. The molecule has 3 aliphatic rings. The zero-order chi connectivity index (χ0) is 19.7. The maximum absolute atomic E-state index is 13.4. The Morgan fingerprint density at radius 3 is 2.32 bits per heavy atom. The Morgan fingerprint density at radius 1 is 1.00 bits per heavy atom. The highest BCUT2D eigenvalue weighted by Gasteiger charge is 2.35. The van der Waals surface area contributed by atoms with E-state index in [9.17, 15) is 18.3 Å². The van der Waals surface area contributed by atoms with Crippen molar-refractivity contribution in [1.29, 1.82) is 0 Å². The lowest BCUT2D eigenvalue weighted by molar-refractivity contribution is -0.137. The summed E-state index contributed by atoms with van der Waals surface area (Å²) in [5, 5.41) is 13.1. The van der Waals surface area contributed by atoms with Gasteiger partial charge in [-0.15, -0.1) is 0 Å². The summed E-state index contributed by atoms with van der Waals surface area (Å²) in [4.78, 5) is 2.15. The minimum Gasteiger partial charge on any atom is -0.381 e. The smallest absolute Gasteiger partial charge is 0.381 e. The van der Waals surface area contributed by atoms with Crippen molar-refractivity contribution in [3.8, 4) is 0 Å². The van der Waals surface area contributed by atoms with Crippen molar-refractivity contribution in [2.75, 3.05) is 37.6 Å². The number of rotatable bonds is 3. The first kappa shape index (κ1) is 20.3. The minimum atomic E-state index is -4.32. The van der Waals surface area contributed by atoms with E-state index in [2.05, 4.69) is 14.5 Å². The molecule has 0 amide bonds. The minimum absolute atomic E-state index is 0.312. The number of nitrogens with one attached hydrogen (secondary N) is 1. The molecule has 156 valence electrons. The molecular formula is C20H28F3N3OS. The van der Waals surface area contributed by atoms with Gasteiger partial charge in [-0.1, -0.05) is 6.07 Å². The van der Waals surface area contributed by atoms with E-state index in [-0.39, 0.29) is 5.44 Å². The molecule has 3 heterocycles. The van der Waals surface area contributed by atoms with E-state index in [0.29, 0.717) is 12.0 Å². The summed E-state index contributed by atoms with van der Waals surface area (Å²) in [7, 11) is 0. The number of hydrogen-bond donors (Lipinski definition) is 2. The van der Waals surface area contributed by atoms with Crippen molar-refractivity contribution in [3.05, 3.63) is 29.3 Å². The molecule has 2 N–H and O–H groups in total. The average Bonchev–Trinajstić information content (AvgIpc) is 3.14. The SMILES string of the molecule is O[C@@H]1CCN(C2CCN(c3cc(C(F)(F)F)ccc3C3CCNCC3)CC2)S1. The van der Waals surface area contributed by atoms with Gasteiger partial charge in [0.15, 0.2) is 0 Å². The van der Waals surface area contributed by atoms with Crippen LogP contribution < -0.4 is 10.2 Å². The Labute approximate surface area is 168 Å². The Morgan fingerprint density at radius 2 is 1.71 bits per heavy atom. The number of anilines is 1. The van der Waals surface area contributed by atoms with Crippen molar-refractivity contribution >= 4 is 17.6 Å². The van der Waals surface area contributed by atoms with Gasteiger partial charge in [0.1, 0.15) is 5.44 Å². The molecule has 0 bridgehead atoms. The molecule has 0 spiro atoms. The van der Waals surface area contributed by atoms with Crippen molar-refractivity contribution in [1.82, 2.24) is 9.62 Å². The van der Waals surface area contributed by atoms with E-state index in [4.69, 9.17) is 0 Å². The summed E-state index contributed by atoms with van der Waals surface area (Å²) in [5.41, 5.74) is 0.974. The van der Waals surface area contributed by atoms with Crippen molar-refractivity contribution in [2.45, 2.75) is 55.7 Å². The second-order valence-corrected chi connectivity index (χ2v) is 9.23. The number of benzene rings is 1. The maximum Gasteiger partial charge on any atom is 0.416 e. The third-order valence-electron chi connectivity index (χ3n) is 6.20. The molecule has 1 atom stereocenters. The number of aliphatic hydroxyl groups is 1. The van der Waals surface area contributed by atoms with Crippen LogP contribution in [-0.4, -0.2) is 53.6 Å². The van der Waals surface area contributed by atoms with Gasteiger partial charge < -0.3 is 15.3 Å². The second kappa shape index (κ2) is 8.42. The van der Waals surface area contributed by atoms with Crippen molar-refractivity contribution < 1.29 is 18.3 Å². The number of nitrogens with zero attached hydrogens (tertiary/aromatic N) is 2. The second-order valence-electron chi connectivity index (χ2n) is 8.00. The fraction of sp³-hybridized carbons (Fsp3) is 0.700. The quantitative estimate of drug-likeness (QED) is 0.735. The molecular weight excluding hydrogens is 387 g/mol. The highest BCUT2D eigenvalue weighted by Crippen LogP contribution is 2.40. The lowest BCUT2D eigenvalue weighted by Crippen LogP contribution is -2.42. The molecule has 3 aliphatic heterocycles. The standard InChI is InChI=1S/C20H28F3N3OS/c21-20(22,23)15-1-2-17(14-3-8-24-9-4-14)18(13-15)25-10-5-16(6-11-25)26-12-7-19(27)28-26/h1-2,13-14,16,19,24,27H,3-12H2/t19-/m0/s1. The highest BCUT2D eigenvalue weighted by molar-refractivity contribution is 7.97. The van der Waals surface area contributed by atoms with Crippen LogP contribution in [0.1, 0.15) is 49.1 Å². The van der Waals surface area contributed by atoms with Crippen LogP contribution in [0, 0.1) is 0 Å². The third kappa shape index (κ3) is 4.45. The van der Waals surface area contributed by atoms with Crippen LogP contribution in [0.15, 0.2) is 18.2 Å². The van der Waals surface area contributed by atoms with E-state index < -0.39 is 11.7 Å². The van der Waals surface area contributed by atoms with Crippen LogP contribution in [-0.2, 0) is 6.18 Å². The van der Waals surface area contributed by atoms with Gasteiger partial charge in [-0.3, -0.25) is 0 Å². The fourth-order valence-electron chi connectivity index (χ4n) is 4.63. The van der Waals surface area contributed by atoms with E-state index in [1.165, 1.54) is 24.1 Å². The summed E-state index contributed by atoms with van der Waals surface area (Å²) in [6.45, 7) is 4.25. The topological polar surface area (TPSA) is 38.7 Å². The lowest BCUT2D eigenvalue weighted by Gasteiger charge is -2.39. The molecule has 28 heavy (non-hydrogen) atoms. The molecule has 0 saturated carbocycles. The van der Waals surface area contributed by atoms with Crippen LogP contribution in [0.25, 0.3) is 0 Å². The van der Waals surface area contributed by atoms with Crippen molar-refractivity contribution in [2.24, 2.45) is 0 Å². The average molecular weight is 416 g/mol. The van der Waals surface area contributed by atoms with E-state index >= 15 is 0 Å². The highest BCUT2D eigenvalue weighted by atomic mass is 32.2. The van der Waals surface area contributed by atoms with E-state index in [0.717, 1.165) is 76.1 Å². The molecule has 1 aromatic carbocycles. The summed E-state index contributed by atoms with van der Waals surface area (Å²) >= 11 is 1.52. The number of alkyl halides is 3. The van der Waals surface area contributed by atoms with Crippen LogP contribution in [0.4, 0.5) is 18.9 Å². The van der Waals surface area contributed by atoms with Crippen LogP contribution >= 0.6 is 11.9 Å². The molecule has 8 heteroatoms. The first-order valence-corrected chi connectivity index (χ1v) is 11.0. The van der Waals surface area contributed by atoms with Gasteiger partial charge in [-0.05, 0) is 80.8 Å². The molecule has 4 rings (SSSR count). The van der Waals surface area contributed by atoms with Gasteiger partial charge in [0, 0.05) is 31.4 Å². The molecule has 0 radical (unpaired) electrons. The van der Waals surface area contributed by atoms with Gasteiger partial charge in [0.05, 0.1) is 5.56 Å². The summed E-state index contributed by atoms with van der Waals surface area (Å²) in [5.74, 6) is 0.320. The van der Waals surface area contributed by atoms with E-state index in [1.54, 1.807) is 6.07 Å². The molecule has 0 aliphatic carbocycles. The van der Waals surface area contributed by atoms with Gasteiger partial charge >= 0.3 is 6.18 Å². The predicted octanol–water partition coefficient (Wildman–Crippen LogP) is 3.81.